The molecule has 1 heterocycles. The molecule has 0 aliphatic carbocycles. The van der Waals surface area contributed by atoms with Crippen LogP contribution in [0.4, 0.5) is 0 Å². The summed E-state index contributed by atoms with van der Waals surface area (Å²) >= 11 is 0. The van der Waals surface area contributed by atoms with E-state index in [-0.39, 0.29) is 16.3 Å². The van der Waals surface area contributed by atoms with Gasteiger partial charge in [-0.15, -0.1) is 0 Å². The van der Waals surface area contributed by atoms with Gasteiger partial charge in [0.25, 0.3) is 0 Å². The van der Waals surface area contributed by atoms with Crippen molar-refractivity contribution in [3.8, 4) is 28.4 Å². The summed E-state index contributed by atoms with van der Waals surface area (Å²) in [4.78, 5) is 16.9. The zero-order valence-electron chi connectivity index (χ0n) is 20.0. The number of benzene rings is 1. The second-order valence-corrected chi connectivity index (χ2v) is 9.89. The molecule has 2 aromatic carbocycles. The Hall–Kier alpha value is -2.95. The van der Waals surface area contributed by atoms with Crippen LogP contribution in [0, 0.1) is 0 Å². The number of rotatable bonds is 4. The lowest BCUT2D eigenvalue weighted by molar-refractivity contribution is 0.324. The van der Waals surface area contributed by atoms with Gasteiger partial charge >= 0.3 is 0 Å². The molecule has 3 rings (SSSR count). The summed E-state index contributed by atoms with van der Waals surface area (Å²) in [5.41, 5.74) is 3.91. The lowest BCUT2D eigenvalue weighted by Crippen LogP contribution is -2.28. The molecule has 0 radical (unpaired) electrons. The number of fused-ring (bicyclic) bond motifs is 1. The molecule has 5 heteroatoms. The van der Waals surface area contributed by atoms with Crippen LogP contribution in [0.5, 0.6) is 17.2 Å². The highest BCUT2D eigenvalue weighted by Gasteiger charge is 2.25. The standard InChI is InChI=1S/C26H33NO4/c1-25(2,3)18-12-16-17(14-27-20(16)13-19(23(18)28)26(4,5)6)15-10-21(29-7)24(31-9)22(11-15)30-8/h10-14,27H,1-9H3. The van der Waals surface area contributed by atoms with E-state index in [4.69, 9.17) is 14.2 Å². The van der Waals surface area contributed by atoms with Gasteiger partial charge < -0.3 is 19.2 Å². The first kappa shape index (κ1) is 22.7. The van der Waals surface area contributed by atoms with Crippen LogP contribution in [0.25, 0.3) is 22.0 Å². The monoisotopic (exact) mass is 423 g/mol. The second kappa shape index (κ2) is 7.95. The summed E-state index contributed by atoms with van der Waals surface area (Å²) < 4.78 is 16.6. The van der Waals surface area contributed by atoms with Crippen LogP contribution in [-0.2, 0) is 10.8 Å². The maximum Gasteiger partial charge on any atom is 0.203 e. The van der Waals surface area contributed by atoms with Crippen LogP contribution in [0.15, 0.2) is 35.3 Å². The van der Waals surface area contributed by atoms with Crippen LogP contribution < -0.4 is 19.6 Å². The Morgan fingerprint density at radius 3 is 1.71 bits per heavy atom. The average Bonchev–Trinajstić information content (AvgIpc) is 3.01. The van der Waals surface area contributed by atoms with E-state index in [1.165, 1.54) is 0 Å². The van der Waals surface area contributed by atoms with Gasteiger partial charge in [-0.25, -0.2) is 0 Å². The van der Waals surface area contributed by atoms with E-state index in [9.17, 15) is 4.79 Å². The number of aromatic nitrogens is 1. The number of methoxy groups -OCH3 is 3. The van der Waals surface area contributed by atoms with Crippen molar-refractivity contribution in [3.05, 3.63) is 51.8 Å². The average molecular weight is 424 g/mol. The molecule has 0 aliphatic rings. The minimum atomic E-state index is -0.299. The van der Waals surface area contributed by atoms with Gasteiger partial charge in [-0.1, -0.05) is 41.5 Å². The number of H-pyrrole nitrogens is 1. The quantitative estimate of drug-likeness (QED) is 0.575. The summed E-state index contributed by atoms with van der Waals surface area (Å²) in [6.07, 6.45) is 1.97. The van der Waals surface area contributed by atoms with Crippen molar-refractivity contribution in [1.29, 1.82) is 0 Å². The molecule has 0 saturated carbocycles. The first-order valence-electron chi connectivity index (χ1n) is 10.4. The molecular formula is C26H33NO4. The van der Waals surface area contributed by atoms with Gasteiger partial charge in [0.15, 0.2) is 16.9 Å². The molecular weight excluding hydrogens is 390 g/mol. The molecule has 0 bridgehead atoms. The highest BCUT2D eigenvalue weighted by atomic mass is 16.5. The number of hydrogen-bond acceptors (Lipinski definition) is 4. The zero-order valence-corrected chi connectivity index (χ0v) is 20.0. The summed E-state index contributed by atoms with van der Waals surface area (Å²) in [5, 5.41) is 0.979. The van der Waals surface area contributed by atoms with E-state index in [1.54, 1.807) is 21.3 Å². The van der Waals surface area contributed by atoms with E-state index >= 15 is 0 Å². The molecule has 31 heavy (non-hydrogen) atoms. The van der Waals surface area contributed by atoms with Crippen molar-refractivity contribution >= 4 is 10.9 Å². The van der Waals surface area contributed by atoms with Crippen LogP contribution in [0.1, 0.15) is 52.7 Å². The molecule has 0 saturated heterocycles. The fourth-order valence-corrected chi connectivity index (χ4v) is 3.88. The Morgan fingerprint density at radius 1 is 0.742 bits per heavy atom. The molecule has 0 atom stereocenters. The number of ether oxygens (including phenoxy) is 3. The Morgan fingerprint density at radius 2 is 1.26 bits per heavy atom. The Bertz CT molecular complexity index is 1150. The van der Waals surface area contributed by atoms with Gasteiger partial charge in [-0.2, -0.15) is 0 Å². The second-order valence-electron chi connectivity index (χ2n) is 9.89. The summed E-state index contributed by atoms with van der Waals surface area (Å²) in [7, 11) is 4.80. The fraction of sp³-hybridized carbons (Fsp3) is 0.423. The minimum absolute atomic E-state index is 0.0976. The van der Waals surface area contributed by atoms with Crippen molar-refractivity contribution in [2.45, 2.75) is 52.4 Å². The third kappa shape index (κ3) is 4.14. The highest BCUT2D eigenvalue weighted by Crippen LogP contribution is 2.43. The predicted octanol–water partition coefficient (Wildman–Crippen LogP) is 5.82. The predicted molar refractivity (Wildman–Crippen MR) is 127 cm³/mol. The third-order valence-electron chi connectivity index (χ3n) is 5.61. The van der Waals surface area contributed by atoms with E-state index < -0.39 is 0 Å². The maximum absolute atomic E-state index is 13.5. The zero-order chi connectivity index (χ0) is 23.1. The molecule has 1 N–H and O–H groups in total. The van der Waals surface area contributed by atoms with E-state index in [1.807, 2.05) is 30.5 Å². The number of nitrogens with one attached hydrogen (secondary N) is 1. The van der Waals surface area contributed by atoms with Crippen LogP contribution in [0.3, 0.4) is 0 Å². The van der Waals surface area contributed by atoms with Crippen molar-refractivity contribution < 1.29 is 14.2 Å². The molecule has 3 aromatic rings. The van der Waals surface area contributed by atoms with E-state index in [2.05, 4.69) is 46.5 Å². The van der Waals surface area contributed by atoms with E-state index in [0.29, 0.717) is 17.2 Å². The van der Waals surface area contributed by atoms with Gasteiger partial charge in [0.05, 0.1) is 21.3 Å². The summed E-state index contributed by atoms with van der Waals surface area (Å²) in [5.74, 6) is 1.72. The van der Waals surface area contributed by atoms with Gasteiger partial charge in [0, 0.05) is 33.8 Å². The van der Waals surface area contributed by atoms with Gasteiger partial charge in [0.1, 0.15) is 0 Å². The molecule has 0 unspecified atom stereocenters. The Labute approximate surface area is 184 Å². The number of hydrogen-bond donors (Lipinski definition) is 1. The van der Waals surface area contributed by atoms with Gasteiger partial charge in [0.2, 0.25) is 5.75 Å². The summed E-state index contributed by atoms with van der Waals surface area (Å²) in [6.45, 7) is 12.5. The smallest absolute Gasteiger partial charge is 0.203 e. The van der Waals surface area contributed by atoms with Crippen molar-refractivity contribution in [2.24, 2.45) is 0 Å². The Balaban J connectivity index is 2.43. The molecule has 0 aliphatic heterocycles. The summed E-state index contributed by atoms with van der Waals surface area (Å²) in [6, 6.07) is 7.88. The lowest BCUT2D eigenvalue weighted by atomic mass is 9.82. The van der Waals surface area contributed by atoms with Gasteiger partial charge in [-0.05, 0) is 40.7 Å². The largest absolute Gasteiger partial charge is 0.493 e. The third-order valence-corrected chi connectivity index (χ3v) is 5.61. The van der Waals surface area contributed by atoms with Crippen LogP contribution >= 0.6 is 0 Å². The SMILES string of the molecule is COc1cc(-c2c[nH]c3cc(C(C)(C)C)c(=O)c(C(C)(C)C)cc23)cc(OC)c1OC. The van der Waals surface area contributed by atoms with Gasteiger partial charge in [-0.3, -0.25) is 4.79 Å². The molecule has 166 valence electrons. The topological polar surface area (TPSA) is 60.6 Å². The molecule has 0 spiro atoms. The van der Waals surface area contributed by atoms with Crippen LogP contribution in [-0.4, -0.2) is 26.3 Å². The molecule has 1 aromatic heterocycles. The Kier molecular flexibility index (Phi) is 5.83. The molecule has 0 fully saturated rings. The van der Waals surface area contributed by atoms with Crippen molar-refractivity contribution in [1.82, 2.24) is 4.98 Å². The molecule has 5 nitrogen and oxygen atoms in total. The maximum atomic E-state index is 13.5. The molecule has 0 amide bonds. The van der Waals surface area contributed by atoms with Crippen molar-refractivity contribution in [2.75, 3.05) is 21.3 Å². The first-order chi connectivity index (χ1) is 14.4. The van der Waals surface area contributed by atoms with E-state index in [0.717, 1.165) is 33.2 Å². The lowest BCUT2D eigenvalue weighted by Gasteiger charge is -2.21. The van der Waals surface area contributed by atoms with Crippen LogP contribution in [0.2, 0.25) is 0 Å². The highest BCUT2D eigenvalue weighted by molar-refractivity contribution is 5.96. The fourth-order valence-electron chi connectivity index (χ4n) is 3.88. The van der Waals surface area contributed by atoms with Crippen molar-refractivity contribution in [3.63, 3.8) is 0 Å². The first-order valence-corrected chi connectivity index (χ1v) is 10.4. The minimum Gasteiger partial charge on any atom is -0.493 e. The number of aromatic amines is 1. The normalized spacial score (nSPS) is 12.2.